The van der Waals surface area contributed by atoms with Crippen LogP contribution in [0.15, 0.2) is 0 Å². The maximum absolute atomic E-state index is 11.2. The molecule has 0 aromatic carbocycles. The van der Waals surface area contributed by atoms with Crippen molar-refractivity contribution in [2.75, 3.05) is 6.54 Å². The lowest BCUT2D eigenvalue weighted by Gasteiger charge is -2.21. The average Bonchev–Trinajstić information content (AvgIpc) is 2.69. The van der Waals surface area contributed by atoms with Gasteiger partial charge in [-0.1, -0.05) is 13.8 Å². The number of carbonyl (C=O) groups excluding carboxylic acids is 1. The zero-order valence-corrected chi connectivity index (χ0v) is 8.34. The van der Waals surface area contributed by atoms with Gasteiger partial charge < -0.3 is 4.90 Å². The lowest BCUT2D eigenvalue weighted by molar-refractivity contribution is -0.129. The second kappa shape index (κ2) is 3.92. The molecule has 0 aromatic heterocycles. The van der Waals surface area contributed by atoms with Gasteiger partial charge in [0.15, 0.2) is 0 Å². The van der Waals surface area contributed by atoms with Gasteiger partial charge in [0.2, 0.25) is 5.91 Å². The topological polar surface area (TPSA) is 20.3 Å². The van der Waals surface area contributed by atoms with Gasteiger partial charge in [-0.05, 0) is 25.2 Å². The summed E-state index contributed by atoms with van der Waals surface area (Å²) >= 11 is 0. The predicted molar refractivity (Wildman–Crippen MR) is 49.9 cm³/mol. The molecule has 0 aliphatic heterocycles. The van der Waals surface area contributed by atoms with E-state index >= 15 is 0 Å². The average molecular weight is 169 g/mol. The highest BCUT2D eigenvalue weighted by Gasteiger charge is 2.30. The maximum atomic E-state index is 11.2. The summed E-state index contributed by atoms with van der Waals surface area (Å²) in [5.41, 5.74) is 0. The second-order valence-corrected chi connectivity index (χ2v) is 4.13. The molecule has 0 bridgehead atoms. The van der Waals surface area contributed by atoms with Crippen LogP contribution in [0.25, 0.3) is 0 Å². The molecule has 0 radical (unpaired) electrons. The Morgan fingerprint density at radius 1 is 1.50 bits per heavy atom. The summed E-state index contributed by atoms with van der Waals surface area (Å²) in [5, 5.41) is 0. The lowest BCUT2D eigenvalue weighted by atomic mass is 10.1. The van der Waals surface area contributed by atoms with Gasteiger partial charge in [-0.15, -0.1) is 0 Å². The Kier molecular flexibility index (Phi) is 3.12. The molecule has 0 heterocycles. The minimum atomic E-state index is 0.248. The van der Waals surface area contributed by atoms with Crippen molar-refractivity contribution in [3.05, 3.63) is 0 Å². The van der Waals surface area contributed by atoms with E-state index in [2.05, 4.69) is 13.8 Å². The molecule has 1 saturated carbocycles. The molecule has 1 rings (SSSR count). The van der Waals surface area contributed by atoms with Crippen molar-refractivity contribution in [3.8, 4) is 0 Å². The highest BCUT2D eigenvalue weighted by molar-refractivity contribution is 5.73. The first-order valence-electron chi connectivity index (χ1n) is 4.88. The Bertz CT molecular complexity index is 161. The second-order valence-electron chi connectivity index (χ2n) is 4.13. The van der Waals surface area contributed by atoms with Crippen LogP contribution in [0.5, 0.6) is 0 Å². The summed E-state index contributed by atoms with van der Waals surface area (Å²) in [5.74, 6) is 0.948. The molecule has 0 unspecified atom stereocenters. The number of hydrogen-bond donors (Lipinski definition) is 0. The van der Waals surface area contributed by atoms with Gasteiger partial charge >= 0.3 is 0 Å². The van der Waals surface area contributed by atoms with E-state index in [1.54, 1.807) is 6.92 Å². The molecule has 0 saturated heterocycles. The monoisotopic (exact) mass is 169 g/mol. The van der Waals surface area contributed by atoms with Crippen molar-refractivity contribution in [1.82, 2.24) is 4.90 Å². The Hall–Kier alpha value is -0.530. The van der Waals surface area contributed by atoms with E-state index in [9.17, 15) is 4.79 Å². The fraction of sp³-hybridized carbons (Fsp3) is 0.900. The Labute approximate surface area is 74.9 Å². The van der Waals surface area contributed by atoms with E-state index in [1.165, 1.54) is 12.8 Å². The predicted octanol–water partition coefficient (Wildman–Crippen LogP) is 2.04. The summed E-state index contributed by atoms with van der Waals surface area (Å²) < 4.78 is 0. The molecule has 0 atom stereocenters. The van der Waals surface area contributed by atoms with Gasteiger partial charge in [-0.25, -0.2) is 0 Å². The number of hydrogen-bond acceptors (Lipinski definition) is 1. The Morgan fingerprint density at radius 2 is 2.08 bits per heavy atom. The fourth-order valence-corrected chi connectivity index (χ4v) is 1.38. The van der Waals surface area contributed by atoms with Crippen molar-refractivity contribution < 1.29 is 4.79 Å². The normalized spacial score (nSPS) is 16.7. The first kappa shape index (κ1) is 9.56. The Morgan fingerprint density at radius 3 is 2.42 bits per heavy atom. The van der Waals surface area contributed by atoms with E-state index in [4.69, 9.17) is 0 Å². The maximum Gasteiger partial charge on any atom is 0.219 e. The molecule has 12 heavy (non-hydrogen) atoms. The number of nitrogens with zero attached hydrogens (tertiary/aromatic N) is 1. The smallest absolute Gasteiger partial charge is 0.219 e. The van der Waals surface area contributed by atoms with Crippen molar-refractivity contribution in [2.24, 2.45) is 5.92 Å². The third-order valence-electron chi connectivity index (χ3n) is 2.34. The van der Waals surface area contributed by atoms with Crippen molar-refractivity contribution in [1.29, 1.82) is 0 Å². The molecule has 1 aliphatic carbocycles. The quantitative estimate of drug-likeness (QED) is 0.630. The van der Waals surface area contributed by atoms with Crippen molar-refractivity contribution >= 4 is 5.91 Å². The summed E-state index contributed by atoms with van der Waals surface area (Å²) in [6.07, 6.45) is 3.57. The van der Waals surface area contributed by atoms with Gasteiger partial charge in [-0.3, -0.25) is 4.79 Å². The first-order valence-corrected chi connectivity index (χ1v) is 4.88. The Balaban J connectivity index is 2.28. The summed E-state index contributed by atoms with van der Waals surface area (Å²) in [7, 11) is 0. The molecular formula is C10H19NO. The SMILES string of the molecule is CC(=O)N(CCC(C)C)C1CC1. The van der Waals surface area contributed by atoms with E-state index < -0.39 is 0 Å². The van der Waals surface area contributed by atoms with Gasteiger partial charge in [0.25, 0.3) is 0 Å². The molecule has 2 heteroatoms. The van der Waals surface area contributed by atoms with Crippen LogP contribution in [-0.4, -0.2) is 23.4 Å². The van der Waals surface area contributed by atoms with E-state index in [1.807, 2.05) is 4.90 Å². The first-order chi connectivity index (χ1) is 5.61. The van der Waals surface area contributed by atoms with E-state index in [0.29, 0.717) is 12.0 Å². The largest absolute Gasteiger partial charge is 0.340 e. The van der Waals surface area contributed by atoms with Crippen LogP contribution in [0.2, 0.25) is 0 Å². The fourth-order valence-electron chi connectivity index (χ4n) is 1.38. The molecule has 0 spiro atoms. The highest BCUT2D eigenvalue weighted by atomic mass is 16.2. The van der Waals surface area contributed by atoms with Gasteiger partial charge in [0.05, 0.1) is 0 Å². The van der Waals surface area contributed by atoms with E-state index in [-0.39, 0.29) is 5.91 Å². The van der Waals surface area contributed by atoms with Gasteiger partial charge in [0.1, 0.15) is 0 Å². The molecule has 0 aromatic rings. The van der Waals surface area contributed by atoms with Crippen molar-refractivity contribution in [3.63, 3.8) is 0 Å². The summed E-state index contributed by atoms with van der Waals surface area (Å²) in [6, 6.07) is 0.584. The minimum absolute atomic E-state index is 0.248. The zero-order valence-electron chi connectivity index (χ0n) is 8.34. The molecule has 2 nitrogen and oxygen atoms in total. The van der Waals surface area contributed by atoms with Crippen LogP contribution in [0, 0.1) is 5.92 Å². The lowest BCUT2D eigenvalue weighted by Crippen LogP contribution is -2.32. The zero-order chi connectivity index (χ0) is 9.14. The highest BCUT2D eigenvalue weighted by Crippen LogP contribution is 2.27. The molecule has 1 amide bonds. The van der Waals surface area contributed by atoms with Crippen LogP contribution < -0.4 is 0 Å². The van der Waals surface area contributed by atoms with E-state index in [0.717, 1.165) is 13.0 Å². The van der Waals surface area contributed by atoms with Crippen LogP contribution in [0.4, 0.5) is 0 Å². The van der Waals surface area contributed by atoms with Gasteiger partial charge in [-0.2, -0.15) is 0 Å². The van der Waals surface area contributed by atoms with Crippen LogP contribution in [-0.2, 0) is 4.79 Å². The minimum Gasteiger partial charge on any atom is -0.340 e. The molecule has 1 aliphatic rings. The van der Waals surface area contributed by atoms with Crippen LogP contribution in [0.1, 0.15) is 40.0 Å². The summed E-state index contributed by atoms with van der Waals surface area (Å²) in [6.45, 7) is 7.03. The number of amides is 1. The standard InChI is InChI=1S/C10H19NO/c1-8(2)6-7-11(9(3)12)10-4-5-10/h8,10H,4-7H2,1-3H3. The number of carbonyl (C=O) groups is 1. The molecule has 1 fully saturated rings. The molecular weight excluding hydrogens is 150 g/mol. The third-order valence-corrected chi connectivity index (χ3v) is 2.34. The van der Waals surface area contributed by atoms with Crippen LogP contribution >= 0.6 is 0 Å². The third kappa shape index (κ3) is 2.84. The van der Waals surface area contributed by atoms with Gasteiger partial charge in [0, 0.05) is 19.5 Å². The number of rotatable bonds is 4. The van der Waals surface area contributed by atoms with Crippen LogP contribution in [0.3, 0.4) is 0 Å². The summed E-state index contributed by atoms with van der Waals surface area (Å²) in [4.78, 5) is 13.2. The van der Waals surface area contributed by atoms with Crippen molar-refractivity contribution in [2.45, 2.75) is 46.1 Å². The molecule has 70 valence electrons. The molecule has 0 N–H and O–H groups in total.